The highest BCUT2D eigenvalue weighted by molar-refractivity contribution is 7.10. The summed E-state index contributed by atoms with van der Waals surface area (Å²) in [5.74, 6) is 5.59. The van der Waals surface area contributed by atoms with Crippen LogP contribution in [0.1, 0.15) is 22.0 Å². The Kier molecular flexibility index (Phi) is 3.16. The fourth-order valence-corrected chi connectivity index (χ4v) is 2.37. The molecule has 15 heavy (non-hydrogen) atoms. The van der Waals surface area contributed by atoms with Gasteiger partial charge in [-0.05, 0) is 23.9 Å². The minimum Gasteiger partial charge on any atom is -0.271 e. The summed E-state index contributed by atoms with van der Waals surface area (Å²) >= 11 is 1.71. The zero-order valence-electron chi connectivity index (χ0n) is 8.60. The van der Waals surface area contributed by atoms with E-state index in [4.69, 9.17) is 5.84 Å². The summed E-state index contributed by atoms with van der Waals surface area (Å²) in [6.45, 7) is 2.08. The Morgan fingerprint density at radius 2 is 1.93 bits per heavy atom. The molecule has 2 nitrogen and oxygen atoms in total. The molecule has 2 aromatic rings. The highest BCUT2D eigenvalue weighted by atomic mass is 32.1. The van der Waals surface area contributed by atoms with Crippen LogP contribution >= 0.6 is 11.3 Å². The molecule has 0 spiro atoms. The van der Waals surface area contributed by atoms with E-state index in [2.05, 4.69) is 48.1 Å². The number of thiophene rings is 1. The van der Waals surface area contributed by atoms with Crippen molar-refractivity contribution in [1.82, 2.24) is 5.43 Å². The van der Waals surface area contributed by atoms with Gasteiger partial charge in [-0.1, -0.05) is 35.9 Å². The maximum Gasteiger partial charge on any atom is 0.0802 e. The lowest BCUT2D eigenvalue weighted by molar-refractivity contribution is 0.646. The number of rotatable bonds is 3. The predicted molar refractivity (Wildman–Crippen MR) is 64.7 cm³/mol. The number of aryl methyl sites for hydroxylation is 1. The smallest absolute Gasteiger partial charge is 0.0802 e. The van der Waals surface area contributed by atoms with Gasteiger partial charge in [0.05, 0.1) is 6.04 Å². The Morgan fingerprint density at radius 1 is 1.20 bits per heavy atom. The van der Waals surface area contributed by atoms with Crippen LogP contribution in [0.5, 0.6) is 0 Å². The highest BCUT2D eigenvalue weighted by Gasteiger charge is 2.12. The molecule has 78 valence electrons. The van der Waals surface area contributed by atoms with Crippen molar-refractivity contribution in [2.24, 2.45) is 5.84 Å². The average molecular weight is 218 g/mol. The van der Waals surface area contributed by atoms with Crippen molar-refractivity contribution in [2.75, 3.05) is 0 Å². The summed E-state index contributed by atoms with van der Waals surface area (Å²) in [5, 5.41) is 2.06. The Bertz CT molecular complexity index is 406. The van der Waals surface area contributed by atoms with Gasteiger partial charge in [0.15, 0.2) is 0 Å². The summed E-state index contributed by atoms with van der Waals surface area (Å²) in [6, 6.07) is 12.7. The first-order chi connectivity index (χ1) is 7.31. The van der Waals surface area contributed by atoms with E-state index < -0.39 is 0 Å². The first-order valence-electron chi connectivity index (χ1n) is 4.87. The van der Waals surface area contributed by atoms with Gasteiger partial charge in [-0.2, -0.15) is 0 Å². The minimum atomic E-state index is 0.102. The molecule has 0 aliphatic heterocycles. The van der Waals surface area contributed by atoms with Crippen LogP contribution in [0.25, 0.3) is 0 Å². The second-order valence-corrected chi connectivity index (χ2v) is 4.51. The third kappa shape index (κ3) is 2.26. The lowest BCUT2D eigenvalue weighted by Crippen LogP contribution is -2.28. The third-order valence-corrected chi connectivity index (χ3v) is 3.34. The number of hydrogen-bond donors (Lipinski definition) is 2. The summed E-state index contributed by atoms with van der Waals surface area (Å²) in [4.78, 5) is 1.24. The molecule has 0 amide bonds. The predicted octanol–water partition coefficient (Wildman–Crippen LogP) is 2.61. The van der Waals surface area contributed by atoms with E-state index in [-0.39, 0.29) is 6.04 Å². The summed E-state index contributed by atoms with van der Waals surface area (Å²) in [7, 11) is 0. The fraction of sp³-hybridized carbons (Fsp3) is 0.167. The van der Waals surface area contributed by atoms with Crippen LogP contribution in [-0.4, -0.2) is 0 Å². The third-order valence-electron chi connectivity index (χ3n) is 2.41. The molecule has 0 aliphatic carbocycles. The number of benzene rings is 1. The van der Waals surface area contributed by atoms with E-state index in [1.54, 1.807) is 11.3 Å². The van der Waals surface area contributed by atoms with Gasteiger partial charge >= 0.3 is 0 Å². The first-order valence-corrected chi connectivity index (χ1v) is 5.75. The molecule has 0 saturated heterocycles. The second-order valence-electron chi connectivity index (χ2n) is 3.53. The van der Waals surface area contributed by atoms with Gasteiger partial charge in [0.2, 0.25) is 0 Å². The molecule has 1 aromatic heterocycles. The molecule has 0 radical (unpaired) electrons. The van der Waals surface area contributed by atoms with Crippen LogP contribution in [0.3, 0.4) is 0 Å². The van der Waals surface area contributed by atoms with Crippen molar-refractivity contribution in [2.45, 2.75) is 13.0 Å². The van der Waals surface area contributed by atoms with Gasteiger partial charge < -0.3 is 0 Å². The molecule has 1 unspecified atom stereocenters. The summed E-state index contributed by atoms with van der Waals surface area (Å²) in [6.07, 6.45) is 0. The summed E-state index contributed by atoms with van der Waals surface area (Å²) in [5.41, 5.74) is 5.31. The molecule has 3 heteroatoms. The molecule has 2 rings (SSSR count). The fourth-order valence-electron chi connectivity index (χ4n) is 1.56. The van der Waals surface area contributed by atoms with Crippen molar-refractivity contribution in [3.05, 3.63) is 57.8 Å². The van der Waals surface area contributed by atoms with Gasteiger partial charge in [-0.25, -0.2) is 5.43 Å². The van der Waals surface area contributed by atoms with Crippen molar-refractivity contribution >= 4 is 11.3 Å². The zero-order valence-corrected chi connectivity index (χ0v) is 9.42. The molecule has 0 fully saturated rings. The van der Waals surface area contributed by atoms with Gasteiger partial charge in [0.25, 0.3) is 0 Å². The molecule has 0 bridgehead atoms. The first kappa shape index (κ1) is 10.4. The zero-order chi connectivity index (χ0) is 10.7. The molecular formula is C12H14N2S. The molecule has 0 aliphatic rings. The molecule has 3 N–H and O–H groups in total. The topological polar surface area (TPSA) is 38.0 Å². The lowest BCUT2D eigenvalue weighted by atomic mass is 10.0. The number of hydrogen-bond acceptors (Lipinski definition) is 3. The molecule has 1 heterocycles. The van der Waals surface area contributed by atoms with Crippen LogP contribution in [0.2, 0.25) is 0 Å². The van der Waals surface area contributed by atoms with Crippen LogP contribution in [0.4, 0.5) is 0 Å². The quantitative estimate of drug-likeness (QED) is 0.614. The van der Waals surface area contributed by atoms with Gasteiger partial charge in [-0.15, -0.1) is 11.3 Å². The lowest BCUT2D eigenvalue weighted by Gasteiger charge is -2.14. The molecule has 1 aromatic carbocycles. The van der Waals surface area contributed by atoms with Crippen molar-refractivity contribution in [3.8, 4) is 0 Å². The molecular weight excluding hydrogens is 204 g/mol. The summed E-state index contributed by atoms with van der Waals surface area (Å²) < 4.78 is 0. The van der Waals surface area contributed by atoms with E-state index in [9.17, 15) is 0 Å². The standard InChI is InChI=1S/C12H14N2S/c1-9-4-6-10(7-5-9)12(14-13)11-3-2-8-15-11/h2-8,12,14H,13H2,1H3. The normalized spacial score (nSPS) is 12.7. The van der Waals surface area contributed by atoms with Crippen LogP contribution < -0.4 is 11.3 Å². The van der Waals surface area contributed by atoms with Crippen molar-refractivity contribution in [3.63, 3.8) is 0 Å². The molecule has 1 atom stereocenters. The monoisotopic (exact) mass is 218 g/mol. The van der Waals surface area contributed by atoms with Crippen molar-refractivity contribution < 1.29 is 0 Å². The van der Waals surface area contributed by atoms with E-state index in [0.29, 0.717) is 0 Å². The van der Waals surface area contributed by atoms with Crippen LogP contribution in [-0.2, 0) is 0 Å². The Labute approximate surface area is 93.7 Å². The van der Waals surface area contributed by atoms with Crippen LogP contribution in [0, 0.1) is 6.92 Å². The van der Waals surface area contributed by atoms with E-state index >= 15 is 0 Å². The average Bonchev–Trinajstić information content (AvgIpc) is 2.75. The number of nitrogens with one attached hydrogen (secondary N) is 1. The Balaban J connectivity index is 2.31. The van der Waals surface area contributed by atoms with Crippen LogP contribution in [0.15, 0.2) is 41.8 Å². The SMILES string of the molecule is Cc1ccc(C(NN)c2cccs2)cc1. The maximum atomic E-state index is 5.59. The Morgan fingerprint density at radius 3 is 2.47 bits per heavy atom. The molecule has 0 saturated carbocycles. The van der Waals surface area contributed by atoms with Gasteiger partial charge in [0, 0.05) is 4.88 Å². The van der Waals surface area contributed by atoms with Gasteiger partial charge in [0.1, 0.15) is 0 Å². The minimum absolute atomic E-state index is 0.102. The van der Waals surface area contributed by atoms with E-state index in [1.165, 1.54) is 16.0 Å². The maximum absolute atomic E-state index is 5.59. The highest BCUT2D eigenvalue weighted by Crippen LogP contribution is 2.25. The largest absolute Gasteiger partial charge is 0.271 e. The van der Waals surface area contributed by atoms with Crippen molar-refractivity contribution in [1.29, 1.82) is 0 Å². The van der Waals surface area contributed by atoms with Gasteiger partial charge in [-0.3, -0.25) is 5.84 Å². The number of hydrazine groups is 1. The number of nitrogens with two attached hydrogens (primary N) is 1. The van der Waals surface area contributed by atoms with E-state index in [0.717, 1.165) is 0 Å². The second kappa shape index (κ2) is 4.57. The Hall–Kier alpha value is -1.16. The van der Waals surface area contributed by atoms with E-state index in [1.807, 2.05) is 6.07 Å².